The number of esters is 1. The van der Waals surface area contributed by atoms with E-state index in [4.69, 9.17) is 4.74 Å². The maximum absolute atomic E-state index is 11.6. The van der Waals surface area contributed by atoms with E-state index in [0.717, 1.165) is 12.1 Å². The number of aromatic nitrogens is 2. The van der Waals surface area contributed by atoms with Gasteiger partial charge < -0.3 is 9.30 Å². The van der Waals surface area contributed by atoms with Crippen molar-refractivity contribution >= 4 is 5.97 Å². The summed E-state index contributed by atoms with van der Waals surface area (Å²) >= 11 is 0. The Kier molecular flexibility index (Phi) is 3.88. The molecule has 15 heavy (non-hydrogen) atoms. The number of carbonyl (C=O) groups is 1. The van der Waals surface area contributed by atoms with Crippen LogP contribution in [0.3, 0.4) is 0 Å². The van der Waals surface area contributed by atoms with Gasteiger partial charge in [-0.25, -0.2) is 9.78 Å². The van der Waals surface area contributed by atoms with Gasteiger partial charge in [0.05, 0.1) is 18.6 Å². The maximum atomic E-state index is 11.6. The normalized spacial score (nSPS) is 10.7. The summed E-state index contributed by atoms with van der Waals surface area (Å²) in [4.78, 5) is 15.7. The van der Waals surface area contributed by atoms with Gasteiger partial charge in [-0.05, 0) is 27.2 Å². The average Bonchev–Trinajstić information content (AvgIpc) is 2.61. The standard InChI is InChI=1S/C11H18N2O2/c1-5-9-10(11(14)15-6-2)12-7-13(9)8(3)4/h7-8H,5-6H2,1-4H3. The molecule has 0 bridgehead atoms. The molecule has 0 saturated heterocycles. The number of hydrogen-bond donors (Lipinski definition) is 0. The molecule has 84 valence electrons. The molecule has 0 radical (unpaired) electrons. The predicted molar refractivity (Wildman–Crippen MR) is 57.9 cm³/mol. The first kappa shape index (κ1) is 11.8. The second-order valence-electron chi connectivity index (χ2n) is 3.61. The monoisotopic (exact) mass is 210 g/mol. The Balaban J connectivity index is 3.03. The summed E-state index contributed by atoms with van der Waals surface area (Å²) in [6.07, 6.45) is 2.49. The third-order valence-corrected chi connectivity index (χ3v) is 2.26. The number of hydrogen-bond acceptors (Lipinski definition) is 3. The van der Waals surface area contributed by atoms with Crippen LogP contribution in [0, 0.1) is 0 Å². The second kappa shape index (κ2) is 4.96. The fraction of sp³-hybridized carbons (Fsp3) is 0.636. The lowest BCUT2D eigenvalue weighted by Gasteiger charge is -2.11. The molecule has 4 nitrogen and oxygen atoms in total. The molecule has 0 spiro atoms. The molecule has 0 aliphatic heterocycles. The van der Waals surface area contributed by atoms with Crippen LogP contribution in [-0.2, 0) is 11.2 Å². The number of rotatable bonds is 4. The Bertz CT molecular complexity index is 342. The third kappa shape index (κ3) is 2.37. The van der Waals surface area contributed by atoms with Crippen LogP contribution in [0.25, 0.3) is 0 Å². The van der Waals surface area contributed by atoms with Gasteiger partial charge in [-0.15, -0.1) is 0 Å². The van der Waals surface area contributed by atoms with Crippen LogP contribution in [0.4, 0.5) is 0 Å². The Morgan fingerprint density at radius 3 is 2.67 bits per heavy atom. The minimum Gasteiger partial charge on any atom is -0.461 e. The summed E-state index contributed by atoms with van der Waals surface area (Å²) < 4.78 is 6.95. The summed E-state index contributed by atoms with van der Waals surface area (Å²) in [7, 11) is 0. The summed E-state index contributed by atoms with van der Waals surface area (Å²) in [6, 6.07) is 0.315. The predicted octanol–water partition coefficient (Wildman–Crippen LogP) is 2.20. The van der Waals surface area contributed by atoms with Crippen molar-refractivity contribution in [3.8, 4) is 0 Å². The number of carbonyl (C=O) groups excluding carboxylic acids is 1. The van der Waals surface area contributed by atoms with Crippen LogP contribution in [-0.4, -0.2) is 22.1 Å². The van der Waals surface area contributed by atoms with Crippen molar-refractivity contribution in [3.05, 3.63) is 17.7 Å². The van der Waals surface area contributed by atoms with E-state index in [1.165, 1.54) is 0 Å². The van der Waals surface area contributed by atoms with Crippen molar-refractivity contribution in [1.29, 1.82) is 0 Å². The number of nitrogens with zero attached hydrogens (tertiary/aromatic N) is 2. The van der Waals surface area contributed by atoms with Crippen LogP contribution in [0.2, 0.25) is 0 Å². The van der Waals surface area contributed by atoms with Gasteiger partial charge >= 0.3 is 5.97 Å². The molecular formula is C11H18N2O2. The average molecular weight is 210 g/mol. The molecule has 1 heterocycles. The Labute approximate surface area is 90.3 Å². The topological polar surface area (TPSA) is 44.1 Å². The van der Waals surface area contributed by atoms with Crippen LogP contribution in [0.1, 0.15) is 49.9 Å². The van der Waals surface area contributed by atoms with Crippen LogP contribution >= 0.6 is 0 Å². The van der Waals surface area contributed by atoms with E-state index in [1.807, 2.05) is 11.5 Å². The van der Waals surface area contributed by atoms with Gasteiger partial charge in [-0.2, -0.15) is 0 Å². The highest BCUT2D eigenvalue weighted by Crippen LogP contribution is 2.15. The van der Waals surface area contributed by atoms with Crippen molar-refractivity contribution in [2.24, 2.45) is 0 Å². The van der Waals surface area contributed by atoms with Crippen molar-refractivity contribution in [1.82, 2.24) is 9.55 Å². The van der Waals surface area contributed by atoms with Gasteiger partial charge in [0.25, 0.3) is 0 Å². The van der Waals surface area contributed by atoms with E-state index < -0.39 is 0 Å². The van der Waals surface area contributed by atoms with Crippen molar-refractivity contribution in [3.63, 3.8) is 0 Å². The minimum atomic E-state index is -0.325. The highest BCUT2D eigenvalue weighted by molar-refractivity contribution is 5.88. The summed E-state index contributed by atoms with van der Waals surface area (Å²) in [5.41, 5.74) is 1.40. The first-order valence-electron chi connectivity index (χ1n) is 5.34. The highest BCUT2D eigenvalue weighted by Gasteiger charge is 2.18. The van der Waals surface area contributed by atoms with E-state index in [-0.39, 0.29) is 5.97 Å². The fourth-order valence-electron chi connectivity index (χ4n) is 1.55. The fourth-order valence-corrected chi connectivity index (χ4v) is 1.55. The molecule has 1 aromatic heterocycles. The van der Waals surface area contributed by atoms with Gasteiger partial charge in [-0.1, -0.05) is 6.92 Å². The van der Waals surface area contributed by atoms with E-state index in [1.54, 1.807) is 13.3 Å². The van der Waals surface area contributed by atoms with E-state index in [2.05, 4.69) is 18.8 Å². The third-order valence-electron chi connectivity index (χ3n) is 2.26. The first-order valence-corrected chi connectivity index (χ1v) is 5.34. The Hall–Kier alpha value is -1.32. The molecule has 0 aromatic carbocycles. The van der Waals surface area contributed by atoms with Crippen LogP contribution in [0.5, 0.6) is 0 Å². The SMILES string of the molecule is CCOC(=O)c1ncn(C(C)C)c1CC. The molecule has 1 aromatic rings. The Morgan fingerprint density at radius 2 is 2.20 bits per heavy atom. The zero-order valence-electron chi connectivity index (χ0n) is 9.78. The molecule has 0 saturated carbocycles. The molecule has 0 atom stereocenters. The number of imidazole rings is 1. The molecule has 1 rings (SSSR count). The molecule has 0 N–H and O–H groups in total. The van der Waals surface area contributed by atoms with Gasteiger partial charge in [0.15, 0.2) is 5.69 Å². The summed E-state index contributed by atoms with van der Waals surface area (Å²) in [5.74, 6) is -0.325. The van der Waals surface area contributed by atoms with Crippen molar-refractivity contribution in [2.45, 2.75) is 40.2 Å². The summed E-state index contributed by atoms with van der Waals surface area (Å²) in [6.45, 7) is 8.32. The highest BCUT2D eigenvalue weighted by atomic mass is 16.5. The van der Waals surface area contributed by atoms with E-state index in [9.17, 15) is 4.79 Å². The lowest BCUT2D eigenvalue weighted by atomic mass is 10.2. The largest absolute Gasteiger partial charge is 0.461 e. The van der Waals surface area contributed by atoms with E-state index in [0.29, 0.717) is 18.3 Å². The molecular weight excluding hydrogens is 192 g/mol. The zero-order chi connectivity index (χ0) is 11.4. The van der Waals surface area contributed by atoms with Crippen LogP contribution < -0.4 is 0 Å². The van der Waals surface area contributed by atoms with Crippen LogP contribution in [0.15, 0.2) is 6.33 Å². The molecule has 0 aliphatic carbocycles. The quantitative estimate of drug-likeness (QED) is 0.715. The maximum Gasteiger partial charge on any atom is 0.358 e. The molecule has 0 unspecified atom stereocenters. The van der Waals surface area contributed by atoms with Crippen molar-refractivity contribution in [2.75, 3.05) is 6.61 Å². The summed E-state index contributed by atoms with van der Waals surface area (Å²) in [5, 5.41) is 0. The molecule has 0 aliphatic rings. The molecule has 0 fully saturated rings. The van der Waals surface area contributed by atoms with Gasteiger partial charge in [0, 0.05) is 6.04 Å². The van der Waals surface area contributed by atoms with E-state index >= 15 is 0 Å². The number of ether oxygens (including phenoxy) is 1. The zero-order valence-corrected chi connectivity index (χ0v) is 9.78. The smallest absolute Gasteiger partial charge is 0.358 e. The molecule has 0 amide bonds. The van der Waals surface area contributed by atoms with Gasteiger partial charge in [-0.3, -0.25) is 0 Å². The first-order chi connectivity index (χ1) is 7.11. The lowest BCUT2D eigenvalue weighted by molar-refractivity contribution is 0.0518. The van der Waals surface area contributed by atoms with Crippen molar-refractivity contribution < 1.29 is 9.53 Å². The lowest BCUT2D eigenvalue weighted by Crippen LogP contribution is -2.11. The molecule has 4 heteroatoms. The Morgan fingerprint density at radius 1 is 1.53 bits per heavy atom. The van der Waals surface area contributed by atoms with Gasteiger partial charge in [0.2, 0.25) is 0 Å². The second-order valence-corrected chi connectivity index (χ2v) is 3.61. The minimum absolute atomic E-state index is 0.315. The van der Waals surface area contributed by atoms with Gasteiger partial charge in [0.1, 0.15) is 0 Å².